The first-order valence-electron chi connectivity index (χ1n) is 8.34. The Labute approximate surface area is 153 Å². The SMILES string of the molecule is COc1ccccc1CNC(=O)[C@@H](C)OC(=O)/C=C/c1ccc(C)cc1. The summed E-state index contributed by atoms with van der Waals surface area (Å²) < 4.78 is 10.4. The molecule has 136 valence electrons. The molecule has 1 N–H and O–H groups in total. The Bertz CT molecular complexity index is 781. The van der Waals surface area contributed by atoms with Gasteiger partial charge in [0.25, 0.3) is 5.91 Å². The summed E-state index contributed by atoms with van der Waals surface area (Å²) in [5.74, 6) is -0.239. The molecule has 26 heavy (non-hydrogen) atoms. The molecule has 0 heterocycles. The highest BCUT2D eigenvalue weighted by atomic mass is 16.5. The minimum absolute atomic E-state index is 0.296. The average Bonchev–Trinajstić information content (AvgIpc) is 2.65. The Morgan fingerprint density at radius 3 is 2.50 bits per heavy atom. The standard InChI is InChI=1S/C21H23NO4/c1-15-8-10-17(11-9-15)12-13-20(23)26-16(2)21(24)22-14-18-6-4-5-7-19(18)25-3/h4-13,16H,14H2,1-3H3,(H,22,24)/b13-12+/t16-/m1/s1. The van der Waals surface area contributed by atoms with Crippen molar-refractivity contribution in [1.82, 2.24) is 5.32 Å². The number of rotatable bonds is 7. The van der Waals surface area contributed by atoms with Gasteiger partial charge in [0.15, 0.2) is 6.10 Å². The number of para-hydroxylation sites is 1. The van der Waals surface area contributed by atoms with E-state index in [0.29, 0.717) is 12.3 Å². The van der Waals surface area contributed by atoms with E-state index in [1.807, 2.05) is 55.5 Å². The molecule has 5 heteroatoms. The van der Waals surface area contributed by atoms with Gasteiger partial charge >= 0.3 is 5.97 Å². The summed E-state index contributed by atoms with van der Waals surface area (Å²) in [6, 6.07) is 15.1. The first-order chi connectivity index (χ1) is 12.5. The molecule has 5 nitrogen and oxygen atoms in total. The van der Waals surface area contributed by atoms with Crippen molar-refractivity contribution in [3.8, 4) is 5.75 Å². The van der Waals surface area contributed by atoms with Gasteiger partial charge in [-0.15, -0.1) is 0 Å². The summed E-state index contributed by atoms with van der Waals surface area (Å²) in [5.41, 5.74) is 2.88. The lowest BCUT2D eigenvalue weighted by atomic mass is 10.1. The summed E-state index contributed by atoms with van der Waals surface area (Å²) in [6.45, 7) is 3.83. The molecule has 0 aliphatic rings. The van der Waals surface area contributed by atoms with Crippen LogP contribution in [-0.2, 0) is 20.9 Å². The van der Waals surface area contributed by atoms with Gasteiger partial charge < -0.3 is 14.8 Å². The van der Waals surface area contributed by atoms with Gasteiger partial charge in [0, 0.05) is 18.2 Å². The Hall–Kier alpha value is -3.08. The molecule has 0 unspecified atom stereocenters. The molecule has 0 aliphatic carbocycles. The molecule has 1 amide bonds. The van der Waals surface area contributed by atoms with Crippen molar-refractivity contribution in [2.24, 2.45) is 0 Å². The smallest absolute Gasteiger partial charge is 0.331 e. The van der Waals surface area contributed by atoms with E-state index < -0.39 is 12.1 Å². The van der Waals surface area contributed by atoms with E-state index in [4.69, 9.17) is 9.47 Å². The normalized spacial score (nSPS) is 11.8. The van der Waals surface area contributed by atoms with Crippen molar-refractivity contribution in [3.63, 3.8) is 0 Å². The monoisotopic (exact) mass is 353 g/mol. The maximum Gasteiger partial charge on any atom is 0.331 e. The van der Waals surface area contributed by atoms with Crippen molar-refractivity contribution >= 4 is 18.0 Å². The second-order valence-corrected chi connectivity index (χ2v) is 5.85. The average molecular weight is 353 g/mol. The third-order valence-corrected chi connectivity index (χ3v) is 3.80. The molecular formula is C21H23NO4. The number of aryl methyl sites for hydroxylation is 1. The number of ether oxygens (including phenoxy) is 2. The topological polar surface area (TPSA) is 64.6 Å². The Kier molecular flexibility index (Phi) is 6.97. The summed E-state index contributed by atoms with van der Waals surface area (Å²) in [5, 5.41) is 2.74. The lowest BCUT2D eigenvalue weighted by Gasteiger charge is -2.13. The molecule has 0 aromatic heterocycles. The van der Waals surface area contributed by atoms with Crippen molar-refractivity contribution in [1.29, 1.82) is 0 Å². The molecule has 0 aliphatic heterocycles. The third kappa shape index (κ3) is 5.77. The van der Waals surface area contributed by atoms with Crippen LogP contribution in [0.15, 0.2) is 54.6 Å². The molecule has 2 rings (SSSR count). The summed E-state index contributed by atoms with van der Waals surface area (Å²) >= 11 is 0. The van der Waals surface area contributed by atoms with Gasteiger partial charge in [0.1, 0.15) is 5.75 Å². The molecule has 2 aromatic carbocycles. The molecule has 0 spiro atoms. The van der Waals surface area contributed by atoms with Gasteiger partial charge in [-0.2, -0.15) is 0 Å². The van der Waals surface area contributed by atoms with Crippen molar-refractivity contribution < 1.29 is 19.1 Å². The summed E-state index contributed by atoms with van der Waals surface area (Å²) in [7, 11) is 1.57. The number of methoxy groups -OCH3 is 1. The predicted octanol–water partition coefficient (Wildman–Crippen LogP) is 3.26. The van der Waals surface area contributed by atoms with Crippen molar-refractivity contribution in [3.05, 3.63) is 71.3 Å². The van der Waals surface area contributed by atoms with Crippen molar-refractivity contribution in [2.75, 3.05) is 7.11 Å². The number of hydrogen-bond donors (Lipinski definition) is 1. The third-order valence-electron chi connectivity index (χ3n) is 3.80. The molecule has 0 fully saturated rings. The number of nitrogens with one attached hydrogen (secondary N) is 1. The number of benzene rings is 2. The number of carbonyl (C=O) groups excluding carboxylic acids is 2. The first kappa shape index (κ1) is 19.2. The van der Waals surface area contributed by atoms with E-state index in [1.54, 1.807) is 13.2 Å². The van der Waals surface area contributed by atoms with Gasteiger partial charge in [-0.1, -0.05) is 48.0 Å². The fraction of sp³-hybridized carbons (Fsp3) is 0.238. The maximum absolute atomic E-state index is 12.1. The van der Waals surface area contributed by atoms with E-state index in [2.05, 4.69) is 5.32 Å². The molecule has 0 saturated heterocycles. The highest BCUT2D eigenvalue weighted by Gasteiger charge is 2.16. The van der Waals surface area contributed by atoms with Crippen LogP contribution in [-0.4, -0.2) is 25.1 Å². The van der Waals surface area contributed by atoms with Gasteiger partial charge in [0.2, 0.25) is 0 Å². The van der Waals surface area contributed by atoms with E-state index >= 15 is 0 Å². The van der Waals surface area contributed by atoms with Crippen molar-refractivity contribution in [2.45, 2.75) is 26.5 Å². The first-order valence-corrected chi connectivity index (χ1v) is 8.34. The van der Waals surface area contributed by atoms with E-state index in [0.717, 1.165) is 16.7 Å². The maximum atomic E-state index is 12.1. The van der Waals surface area contributed by atoms with Crippen LogP contribution in [0, 0.1) is 6.92 Å². The fourth-order valence-corrected chi connectivity index (χ4v) is 2.28. The molecule has 0 saturated carbocycles. The lowest BCUT2D eigenvalue weighted by molar-refractivity contribution is -0.150. The van der Waals surface area contributed by atoms with Crippen LogP contribution >= 0.6 is 0 Å². The zero-order valence-electron chi connectivity index (χ0n) is 15.2. The largest absolute Gasteiger partial charge is 0.496 e. The summed E-state index contributed by atoms with van der Waals surface area (Å²) in [4.78, 5) is 24.0. The molecule has 2 aromatic rings. The van der Waals surface area contributed by atoms with E-state index in [1.165, 1.54) is 13.0 Å². The summed E-state index contributed by atoms with van der Waals surface area (Å²) in [6.07, 6.45) is 2.08. The molecule has 0 bridgehead atoms. The second-order valence-electron chi connectivity index (χ2n) is 5.85. The van der Waals surface area contributed by atoms with Gasteiger partial charge in [0.05, 0.1) is 7.11 Å². The highest BCUT2D eigenvalue weighted by molar-refractivity contribution is 5.90. The second kappa shape index (κ2) is 9.42. The minimum Gasteiger partial charge on any atom is -0.496 e. The molecule has 1 atom stereocenters. The zero-order chi connectivity index (χ0) is 18.9. The Morgan fingerprint density at radius 1 is 1.12 bits per heavy atom. The van der Waals surface area contributed by atoms with Crippen LogP contribution < -0.4 is 10.1 Å². The molecular weight excluding hydrogens is 330 g/mol. The number of carbonyl (C=O) groups is 2. The number of esters is 1. The Balaban J connectivity index is 1.84. The van der Waals surface area contributed by atoms with Crippen LogP contribution in [0.3, 0.4) is 0 Å². The minimum atomic E-state index is -0.889. The number of hydrogen-bond acceptors (Lipinski definition) is 4. The molecule has 0 radical (unpaired) electrons. The van der Waals surface area contributed by atoms with Gasteiger partial charge in [-0.25, -0.2) is 4.79 Å². The van der Waals surface area contributed by atoms with Gasteiger partial charge in [-0.05, 0) is 31.6 Å². The lowest BCUT2D eigenvalue weighted by Crippen LogP contribution is -2.35. The highest BCUT2D eigenvalue weighted by Crippen LogP contribution is 2.16. The quantitative estimate of drug-likeness (QED) is 0.613. The number of amides is 1. The van der Waals surface area contributed by atoms with Crippen LogP contribution in [0.25, 0.3) is 6.08 Å². The zero-order valence-corrected chi connectivity index (χ0v) is 15.2. The van der Waals surface area contributed by atoms with Crippen LogP contribution in [0.5, 0.6) is 5.75 Å². The Morgan fingerprint density at radius 2 is 1.81 bits per heavy atom. The van der Waals surface area contributed by atoms with Crippen LogP contribution in [0.4, 0.5) is 0 Å². The fourth-order valence-electron chi connectivity index (χ4n) is 2.28. The predicted molar refractivity (Wildman–Crippen MR) is 101 cm³/mol. The van der Waals surface area contributed by atoms with E-state index in [9.17, 15) is 9.59 Å². The van der Waals surface area contributed by atoms with Crippen LogP contribution in [0.2, 0.25) is 0 Å². The van der Waals surface area contributed by atoms with Gasteiger partial charge in [-0.3, -0.25) is 4.79 Å². The van der Waals surface area contributed by atoms with E-state index in [-0.39, 0.29) is 5.91 Å². The van der Waals surface area contributed by atoms with Crippen LogP contribution in [0.1, 0.15) is 23.6 Å².